The van der Waals surface area contributed by atoms with E-state index in [1.54, 1.807) is 4.90 Å². The molecule has 0 saturated carbocycles. The number of aromatic nitrogens is 3. The summed E-state index contributed by atoms with van der Waals surface area (Å²) in [6.45, 7) is 3.73. The van der Waals surface area contributed by atoms with Crippen LogP contribution in [0.1, 0.15) is 49.0 Å². The van der Waals surface area contributed by atoms with E-state index in [1.807, 2.05) is 13.8 Å². The number of nitrogens with two attached hydrogens (primary N) is 1. The molecule has 0 aliphatic carbocycles. The summed E-state index contributed by atoms with van der Waals surface area (Å²) in [7, 11) is 1.45. The molecule has 2 heterocycles. The van der Waals surface area contributed by atoms with E-state index >= 15 is 0 Å². The summed E-state index contributed by atoms with van der Waals surface area (Å²) in [6.07, 6.45) is 4.03. The third kappa shape index (κ3) is 4.73. The van der Waals surface area contributed by atoms with E-state index in [0.29, 0.717) is 29.8 Å². The summed E-state index contributed by atoms with van der Waals surface area (Å²) in [5.74, 6) is -5.30. The van der Waals surface area contributed by atoms with Crippen molar-refractivity contribution in [1.82, 2.24) is 19.9 Å². The van der Waals surface area contributed by atoms with Crippen molar-refractivity contribution in [3.63, 3.8) is 0 Å². The molecule has 3 aromatic rings. The Bertz CT molecular complexity index is 1360. The molecule has 37 heavy (non-hydrogen) atoms. The summed E-state index contributed by atoms with van der Waals surface area (Å²) in [5, 5.41) is 8.15. The van der Waals surface area contributed by atoms with Gasteiger partial charge in [0.05, 0.1) is 35.4 Å². The Morgan fingerprint density at radius 1 is 1.05 bits per heavy atom. The van der Waals surface area contributed by atoms with E-state index in [1.165, 1.54) is 36.4 Å². The van der Waals surface area contributed by atoms with E-state index in [-0.39, 0.29) is 23.3 Å². The van der Waals surface area contributed by atoms with Gasteiger partial charge in [-0.05, 0) is 49.6 Å². The molecule has 0 unspecified atom stereocenters. The SMILES string of the molecule is CC[C@H]1CC(C(=NC)c2cc(F)c(F)c(F)c2)=C(N)[C@@H](CC)N1C(=O)c1cc(F)ccc1-n1nccn1. The zero-order valence-electron chi connectivity index (χ0n) is 20.6. The lowest BCUT2D eigenvalue weighted by molar-refractivity contribution is 0.0569. The normalized spacial score (nSPS) is 18.5. The van der Waals surface area contributed by atoms with E-state index in [4.69, 9.17) is 5.73 Å². The molecule has 0 spiro atoms. The van der Waals surface area contributed by atoms with Gasteiger partial charge in [0.1, 0.15) is 5.82 Å². The summed E-state index contributed by atoms with van der Waals surface area (Å²) >= 11 is 0. The van der Waals surface area contributed by atoms with Crippen LogP contribution in [0.15, 0.2) is 59.0 Å². The van der Waals surface area contributed by atoms with Crippen molar-refractivity contribution in [1.29, 1.82) is 0 Å². The molecule has 0 bridgehead atoms. The Balaban J connectivity index is 1.81. The minimum absolute atomic E-state index is 0.0403. The van der Waals surface area contributed by atoms with Gasteiger partial charge in [-0.15, -0.1) is 0 Å². The molecule has 194 valence electrons. The maximum atomic E-state index is 14.3. The number of hydrogen-bond acceptors (Lipinski definition) is 5. The van der Waals surface area contributed by atoms with E-state index < -0.39 is 41.3 Å². The molecule has 4 rings (SSSR count). The number of rotatable bonds is 6. The van der Waals surface area contributed by atoms with Gasteiger partial charge in [-0.1, -0.05) is 13.8 Å². The maximum Gasteiger partial charge on any atom is 0.257 e. The molecule has 0 saturated heterocycles. The van der Waals surface area contributed by atoms with Gasteiger partial charge < -0.3 is 10.6 Å². The van der Waals surface area contributed by atoms with Crippen LogP contribution in [0.2, 0.25) is 0 Å². The van der Waals surface area contributed by atoms with E-state index in [9.17, 15) is 22.4 Å². The Morgan fingerprint density at radius 2 is 1.70 bits per heavy atom. The van der Waals surface area contributed by atoms with Crippen molar-refractivity contribution in [3.05, 3.63) is 88.4 Å². The van der Waals surface area contributed by atoms with Gasteiger partial charge >= 0.3 is 0 Å². The summed E-state index contributed by atoms with van der Waals surface area (Å²) in [4.78, 5) is 21.0. The van der Waals surface area contributed by atoms with Crippen LogP contribution < -0.4 is 5.73 Å². The zero-order chi connectivity index (χ0) is 26.9. The number of amides is 1. The monoisotopic (exact) mass is 514 g/mol. The van der Waals surface area contributed by atoms with Crippen LogP contribution >= 0.6 is 0 Å². The van der Waals surface area contributed by atoms with Gasteiger partial charge in [0.25, 0.3) is 5.91 Å². The van der Waals surface area contributed by atoms with Crippen molar-refractivity contribution in [2.24, 2.45) is 10.7 Å². The zero-order valence-corrected chi connectivity index (χ0v) is 20.6. The molecule has 2 aromatic carbocycles. The molecule has 1 aliphatic heterocycles. The second kappa shape index (κ2) is 10.5. The smallest absolute Gasteiger partial charge is 0.257 e. The third-order valence-corrected chi connectivity index (χ3v) is 6.56. The average Bonchev–Trinajstić information content (AvgIpc) is 3.42. The van der Waals surface area contributed by atoms with E-state index in [2.05, 4.69) is 15.2 Å². The highest BCUT2D eigenvalue weighted by Crippen LogP contribution is 2.34. The highest BCUT2D eigenvalue weighted by Gasteiger charge is 2.39. The Hall–Kier alpha value is -4.02. The van der Waals surface area contributed by atoms with Crippen LogP contribution in [-0.4, -0.2) is 50.6 Å². The fourth-order valence-electron chi connectivity index (χ4n) is 4.82. The highest BCUT2D eigenvalue weighted by atomic mass is 19.2. The van der Waals surface area contributed by atoms with Crippen molar-refractivity contribution in [2.45, 2.75) is 45.2 Å². The first kappa shape index (κ1) is 26.1. The van der Waals surface area contributed by atoms with Crippen molar-refractivity contribution in [2.75, 3.05) is 7.05 Å². The van der Waals surface area contributed by atoms with Gasteiger partial charge in [-0.3, -0.25) is 9.79 Å². The fourth-order valence-corrected chi connectivity index (χ4v) is 4.82. The number of aliphatic imine (C=N–C) groups is 1. The first-order valence-electron chi connectivity index (χ1n) is 11.8. The van der Waals surface area contributed by atoms with Crippen molar-refractivity contribution < 1.29 is 22.4 Å². The lowest BCUT2D eigenvalue weighted by atomic mass is 9.85. The minimum atomic E-state index is -1.57. The van der Waals surface area contributed by atoms with Crippen LogP contribution in [-0.2, 0) is 0 Å². The quantitative estimate of drug-likeness (QED) is 0.297. The lowest BCUT2D eigenvalue weighted by Gasteiger charge is -2.43. The van der Waals surface area contributed by atoms with Gasteiger partial charge in [-0.2, -0.15) is 15.0 Å². The van der Waals surface area contributed by atoms with Crippen LogP contribution in [0, 0.1) is 23.3 Å². The maximum absolute atomic E-state index is 14.3. The third-order valence-electron chi connectivity index (χ3n) is 6.56. The highest BCUT2D eigenvalue weighted by molar-refractivity contribution is 6.13. The van der Waals surface area contributed by atoms with Crippen LogP contribution in [0.4, 0.5) is 17.6 Å². The number of nitrogens with zero attached hydrogens (tertiary/aromatic N) is 5. The number of carbonyl (C=O) groups excluding carboxylic acids is 1. The molecule has 2 atom stereocenters. The Kier molecular flexibility index (Phi) is 7.42. The van der Waals surface area contributed by atoms with Crippen LogP contribution in [0.25, 0.3) is 5.69 Å². The first-order chi connectivity index (χ1) is 17.7. The van der Waals surface area contributed by atoms with E-state index in [0.717, 1.165) is 18.2 Å². The van der Waals surface area contributed by atoms with Gasteiger partial charge in [0.2, 0.25) is 0 Å². The van der Waals surface area contributed by atoms with Crippen LogP contribution in [0.3, 0.4) is 0 Å². The standard InChI is InChI=1S/C26H26F4N6O/c1-4-16-13-18(25(32-3)14-10-19(28)23(30)20(29)11-14)24(31)21(5-2)35(16)26(37)17-12-15(27)6-7-22(17)36-33-8-9-34-36/h6-12,16,21H,4-5,13,31H2,1-3H3/t16-,21+/m0/s1. The molecule has 0 radical (unpaired) electrons. The van der Waals surface area contributed by atoms with Gasteiger partial charge in [-0.25, -0.2) is 17.6 Å². The lowest BCUT2D eigenvalue weighted by Crippen LogP contribution is -2.53. The second-order valence-electron chi connectivity index (χ2n) is 8.64. The second-order valence-corrected chi connectivity index (χ2v) is 8.64. The molecule has 1 aliphatic rings. The number of benzene rings is 2. The number of hydrogen-bond donors (Lipinski definition) is 1. The molecule has 0 fully saturated rings. The first-order valence-corrected chi connectivity index (χ1v) is 11.8. The van der Waals surface area contributed by atoms with Gasteiger partial charge in [0, 0.05) is 29.9 Å². The molecule has 1 amide bonds. The predicted octanol–water partition coefficient (Wildman–Crippen LogP) is 4.56. The summed E-state index contributed by atoms with van der Waals surface area (Å²) in [6, 6.07) is 4.52. The molecular weight excluding hydrogens is 488 g/mol. The summed E-state index contributed by atoms with van der Waals surface area (Å²) < 4.78 is 55.9. The topological polar surface area (TPSA) is 89.4 Å². The van der Waals surface area contributed by atoms with Crippen molar-refractivity contribution in [3.8, 4) is 5.69 Å². The molecular formula is C26H26F4N6O. The molecule has 1 aromatic heterocycles. The van der Waals surface area contributed by atoms with Gasteiger partial charge in [0.15, 0.2) is 17.5 Å². The van der Waals surface area contributed by atoms with Crippen LogP contribution in [0.5, 0.6) is 0 Å². The number of halogens is 4. The Morgan fingerprint density at radius 3 is 2.27 bits per heavy atom. The summed E-state index contributed by atoms with van der Waals surface area (Å²) in [5.41, 5.74) is 8.02. The molecule has 7 nitrogen and oxygen atoms in total. The minimum Gasteiger partial charge on any atom is -0.400 e. The average molecular weight is 515 g/mol. The largest absolute Gasteiger partial charge is 0.400 e. The number of carbonyl (C=O) groups is 1. The fraction of sp³-hybridized carbons (Fsp3) is 0.308. The Labute approximate surface area is 211 Å². The molecule has 2 N–H and O–H groups in total. The predicted molar refractivity (Wildman–Crippen MR) is 130 cm³/mol. The molecule has 11 heteroatoms. The van der Waals surface area contributed by atoms with Crippen molar-refractivity contribution >= 4 is 11.6 Å².